The number of aryl methyl sites for hydroxylation is 2. The summed E-state index contributed by atoms with van der Waals surface area (Å²) < 4.78 is 13.3. The maximum atomic E-state index is 13.3. The SMILES string of the molecule is Cc1cc(F)cc(C)c1C(O)CC1CCCCCC1. The zero-order valence-electron chi connectivity index (χ0n) is 12.1. The minimum absolute atomic E-state index is 0.208. The molecule has 1 nitrogen and oxygen atoms in total. The van der Waals surface area contributed by atoms with E-state index in [-0.39, 0.29) is 5.82 Å². The maximum absolute atomic E-state index is 13.3. The van der Waals surface area contributed by atoms with Gasteiger partial charge in [-0.05, 0) is 55.0 Å². The molecule has 0 aromatic heterocycles. The molecule has 106 valence electrons. The summed E-state index contributed by atoms with van der Waals surface area (Å²) in [7, 11) is 0. The summed E-state index contributed by atoms with van der Waals surface area (Å²) in [5.41, 5.74) is 2.68. The van der Waals surface area contributed by atoms with E-state index in [2.05, 4.69) is 0 Å². The lowest BCUT2D eigenvalue weighted by atomic mass is 9.88. The van der Waals surface area contributed by atoms with Crippen molar-refractivity contribution >= 4 is 0 Å². The fourth-order valence-corrected chi connectivity index (χ4v) is 3.48. The van der Waals surface area contributed by atoms with Crippen LogP contribution in [0.3, 0.4) is 0 Å². The summed E-state index contributed by atoms with van der Waals surface area (Å²) in [4.78, 5) is 0. The highest BCUT2D eigenvalue weighted by Crippen LogP contribution is 2.33. The number of rotatable bonds is 3. The minimum atomic E-state index is -0.441. The number of aliphatic hydroxyl groups excluding tert-OH is 1. The van der Waals surface area contributed by atoms with Crippen LogP contribution in [-0.2, 0) is 0 Å². The molecule has 1 unspecified atom stereocenters. The standard InChI is InChI=1S/C17H25FO/c1-12-9-15(18)10-13(2)17(12)16(19)11-14-7-5-3-4-6-8-14/h9-10,14,16,19H,3-8,11H2,1-2H3. The van der Waals surface area contributed by atoms with Gasteiger partial charge in [0.15, 0.2) is 0 Å². The Morgan fingerprint density at radius 1 is 1.11 bits per heavy atom. The molecular weight excluding hydrogens is 239 g/mol. The van der Waals surface area contributed by atoms with Crippen LogP contribution in [0.1, 0.15) is 67.7 Å². The van der Waals surface area contributed by atoms with Gasteiger partial charge < -0.3 is 5.11 Å². The largest absolute Gasteiger partial charge is 0.388 e. The maximum Gasteiger partial charge on any atom is 0.123 e. The Kier molecular flexibility index (Phi) is 4.98. The van der Waals surface area contributed by atoms with Crippen molar-refractivity contribution in [2.24, 2.45) is 5.92 Å². The lowest BCUT2D eigenvalue weighted by Gasteiger charge is -2.22. The van der Waals surface area contributed by atoms with Crippen molar-refractivity contribution in [3.05, 3.63) is 34.6 Å². The molecule has 0 bridgehead atoms. The molecule has 0 spiro atoms. The smallest absolute Gasteiger partial charge is 0.123 e. The van der Waals surface area contributed by atoms with E-state index in [1.165, 1.54) is 50.7 Å². The van der Waals surface area contributed by atoms with Crippen LogP contribution >= 0.6 is 0 Å². The van der Waals surface area contributed by atoms with E-state index in [1.54, 1.807) is 0 Å². The predicted molar refractivity (Wildman–Crippen MR) is 76.6 cm³/mol. The van der Waals surface area contributed by atoms with Crippen LogP contribution in [0.2, 0.25) is 0 Å². The van der Waals surface area contributed by atoms with E-state index in [4.69, 9.17) is 0 Å². The fourth-order valence-electron chi connectivity index (χ4n) is 3.48. The highest BCUT2D eigenvalue weighted by molar-refractivity contribution is 5.36. The summed E-state index contributed by atoms with van der Waals surface area (Å²) in [6, 6.07) is 3.05. The molecule has 1 atom stereocenters. The molecule has 0 saturated heterocycles. The topological polar surface area (TPSA) is 20.2 Å². The first-order valence-electron chi connectivity index (χ1n) is 7.52. The molecule has 1 N–H and O–H groups in total. The van der Waals surface area contributed by atoms with Gasteiger partial charge in [-0.15, -0.1) is 0 Å². The van der Waals surface area contributed by atoms with Crippen LogP contribution in [0.4, 0.5) is 4.39 Å². The molecule has 1 aliphatic rings. The highest BCUT2D eigenvalue weighted by atomic mass is 19.1. The lowest BCUT2D eigenvalue weighted by Crippen LogP contribution is -2.10. The molecule has 1 aliphatic carbocycles. The third-order valence-corrected chi connectivity index (χ3v) is 4.42. The van der Waals surface area contributed by atoms with Crippen LogP contribution in [0.25, 0.3) is 0 Å². The monoisotopic (exact) mass is 264 g/mol. The molecular formula is C17H25FO. The second-order valence-electron chi connectivity index (χ2n) is 6.06. The van der Waals surface area contributed by atoms with Gasteiger partial charge in [0.05, 0.1) is 6.10 Å². The van der Waals surface area contributed by atoms with E-state index < -0.39 is 6.10 Å². The number of hydrogen-bond donors (Lipinski definition) is 1. The van der Waals surface area contributed by atoms with Gasteiger partial charge in [-0.1, -0.05) is 38.5 Å². The van der Waals surface area contributed by atoms with Gasteiger partial charge in [0, 0.05) is 0 Å². The summed E-state index contributed by atoms with van der Waals surface area (Å²) in [5.74, 6) is 0.418. The first-order chi connectivity index (χ1) is 9.08. The predicted octanol–water partition coefficient (Wildman–Crippen LogP) is 4.84. The average Bonchev–Trinajstić information content (AvgIpc) is 2.56. The van der Waals surface area contributed by atoms with E-state index in [9.17, 15) is 9.50 Å². The van der Waals surface area contributed by atoms with E-state index >= 15 is 0 Å². The van der Waals surface area contributed by atoms with Gasteiger partial charge in [-0.25, -0.2) is 4.39 Å². The third-order valence-electron chi connectivity index (χ3n) is 4.42. The summed E-state index contributed by atoms with van der Waals surface area (Å²) in [5, 5.41) is 10.5. The Morgan fingerprint density at radius 2 is 1.63 bits per heavy atom. The molecule has 0 heterocycles. The molecule has 1 fully saturated rings. The average molecular weight is 264 g/mol. The van der Waals surface area contributed by atoms with E-state index in [0.717, 1.165) is 23.1 Å². The molecule has 1 aromatic rings. The lowest BCUT2D eigenvalue weighted by molar-refractivity contribution is 0.138. The summed E-state index contributed by atoms with van der Waals surface area (Å²) in [6.07, 6.45) is 8.10. The zero-order chi connectivity index (χ0) is 13.8. The van der Waals surface area contributed by atoms with Crippen molar-refractivity contribution in [2.45, 2.75) is 64.9 Å². The normalized spacial score (nSPS) is 19.2. The van der Waals surface area contributed by atoms with Gasteiger partial charge in [0.1, 0.15) is 5.82 Å². The molecule has 2 rings (SSSR count). The minimum Gasteiger partial charge on any atom is -0.388 e. The van der Waals surface area contributed by atoms with Gasteiger partial charge >= 0.3 is 0 Å². The molecule has 1 saturated carbocycles. The van der Waals surface area contributed by atoms with Crippen molar-refractivity contribution in [2.75, 3.05) is 0 Å². The fraction of sp³-hybridized carbons (Fsp3) is 0.647. The van der Waals surface area contributed by atoms with Crippen LogP contribution in [0.15, 0.2) is 12.1 Å². The Hall–Kier alpha value is -0.890. The Morgan fingerprint density at radius 3 is 2.16 bits per heavy atom. The van der Waals surface area contributed by atoms with E-state index in [1.807, 2.05) is 13.8 Å². The van der Waals surface area contributed by atoms with Gasteiger partial charge in [0.25, 0.3) is 0 Å². The Labute approximate surface area is 115 Å². The van der Waals surface area contributed by atoms with Crippen LogP contribution in [0.5, 0.6) is 0 Å². The van der Waals surface area contributed by atoms with Gasteiger partial charge in [-0.3, -0.25) is 0 Å². The van der Waals surface area contributed by atoms with Crippen molar-refractivity contribution in [3.8, 4) is 0 Å². The van der Waals surface area contributed by atoms with Crippen LogP contribution in [-0.4, -0.2) is 5.11 Å². The molecule has 0 amide bonds. The molecule has 1 aromatic carbocycles. The third kappa shape index (κ3) is 3.79. The number of benzene rings is 1. The van der Waals surface area contributed by atoms with Crippen LogP contribution in [0, 0.1) is 25.6 Å². The quantitative estimate of drug-likeness (QED) is 0.775. The molecule has 0 radical (unpaired) electrons. The molecule has 2 heteroatoms. The van der Waals surface area contributed by atoms with E-state index in [0.29, 0.717) is 5.92 Å². The Balaban J connectivity index is 2.08. The summed E-state index contributed by atoms with van der Waals surface area (Å²) >= 11 is 0. The molecule has 19 heavy (non-hydrogen) atoms. The van der Waals surface area contributed by atoms with Gasteiger partial charge in [-0.2, -0.15) is 0 Å². The second kappa shape index (κ2) is 6.51. The first kappa shape index (κ1) is 14.5. The number of aliphatic hydroxyl groups is 1. The molecule has 0 aliphatic heterocycles. The zero-order valence-corrected chi connectivity index (χ0v) is 12.1. The second-order valence-corrected chi connectivity index (χ2v) is 6.06. The number of halogens is 1. The van der Waals surface area contributed by atoms with Crippen LogP contribution < -0.4 is 0 Å². The van der Waals surface area contributed by atoms with Crippen molar-refractivity contribution in [1.82, 2.24) is 0 Å². The number of hydrogen-bond acceptors (Lipinski definition) is 1. The van der Waals surface area contributed by atoms with Crippen molar-refractivity contribution in [3.63, 3.8) is 0 Å². The summed E-state index contributed by atoms with van der Waals surface area (Å²) in [6.45, 7) is 3.78. The van der Waals surface area contributed by atoms with Crippen molar-refractivity contribution in [1.29, 1.82) is 0 Å². The first-order valence-corrected chi connectivity index (χ1v) is 7.52. The van der Waals surface area contributed by atoms with Crippen molar-refractivity contribution < 1.29 is 9.50 Å². The van der Waals surface area contributed by atoms with Gasteiger partial charge in [0.2, 0.25) is 0 Å². The highest BCUT2D eigenvalue weighted by Gasteiger charge is 2.20. The Bertz CT molecular complexity index is 396.